The van der Waals surface area contributed by atoms with Crippen LogP contribution in [0.3, 0.4) is 0 Å². The number of nitrogens with zero attached hydrogens (tertiary/aromatic N) is 4. The number of aromatic nitrogens is 4. The van der Waals surface area contributed by atoms with Crippen molar-refractivity contribution >= 4 is 15.5 Å². The van der Waals surface area contributed by atoms with Crippen LogP contribution in [0.25, 0.3) is 11.4 Å². The Kier molecular flexibility index (Phi) is 4.41. The summed E-state index contributed by atoms with van der Waals surface area (Å²) in [5.41, 5.74) is 6.94. The van der Waals surface area contributed by atoms with Crippen molar-refractivity contribution in [2.75, 3.05) is 24.3 Å². The normalized spacial score (nSPS) is 11.5. The van der Waals surface area contributed by atoms with Crippen molar-refractivity contribution in [3.05, 3.63) is 18.2 Å². The van der Waals surface area contributed by atoms with Gasteiger partial charge >= 0.3 is 0 Å². The second kappa shape index (κ2) is 6.08. The topological polar surface area (TPSA) is 113 Å². The quantitative estimate of drug-likeness (QED) is 0.766. The number of sulfone groups is 1. The third kappa shape index (κ3) is 3.30. The second-order valence-corrected chi connectivity index (χ2v) is 6.86. The molecule has 0 amide bonds. The lowest BCUT2D eigenvalue weighted by Crippen LogP contribution is -2.16. The van der Waals surface area contributed by atoms with Crippen molar-refractivity contribution < 1.29 is 13.2 Å². The first-order valence-electron chi connectivity index (χ1n) is 6.38. The molecule has 0 aliphatic carbocycles. The smallest absolute Gasteiger partial charge is 0.185 e. The largest absolute Gasteiger partial charge is 0.494 e. The van der Waals surface area contributed by atoms with Crippen molar-refractivity contribution in [2.45, 2.75) is 13.5 Å². The number of methoxy groups -OCH3 is 1. The van der Waals surface area contributed by atoms with Crippen LogP contribution >= 0.6 is 0 Å². The highest BCUT2D eigenvalue weighted by Crippen LogP contribution is 2.33. The Morgan fingerprint density at radius 3 is 2.81 bits per heavy atom. The third-order valence-corrected chi connectivity index (χ3v) is 4.76. The Morgan fingerprint density at radius 1 is 1.38 bits per heavy atom. The first kappa shape index (κ1) is 15.2. The number of para-hydroxylation sites is 1. The van der Waals surface area contributed by atoms with E-state index in [4.69, 9.17) is 10.5 Å². The zero-order valence-electron chi connectivity index (χ0n) is 11.9. The predicted molar refractivity (Wildman–Crippen MR) is 78.5 cm³/mol. The van der Waals surface area contributed by atoms with Crippen molar-refractivity contribution in [1.82, 2.24) is 20.2 Å². The maximum Gasteiger partial charge on any atom is 0.185 e. The van der Waals surface area contributed by atoms with Crippen LogP contribution in [0, 0.1) is 0 Å². The maximum absolute atomic E-state index is 11.6. The number of nitrogen functional groups attached to an aromatic ring is 1. The van der Waals surface area contributed by atoms with Gasteiger partial charge in [-0.1, -0.05) is 13.0 Å². The summed E-state index contributed by atoms with van der Waals surface area (Å²) in [6.07, 6.45) is 0. The number of rotatable bonds is 6. The van der Waals surface area contributed by atoms with Gasteiger partial charge in [-0.25, -0.2) is 13.1 Å². The molecule has 0 saturated heterocycles. The molecule has 21 heavy (non-hydrogen) atoms. The number of tetrazole rings is 1. The number of nitrogens with two attached hydrogens (primary N) is 1. The Balaban J connectivity index is 2.35. The summed E-state index contributed by atoms with van der Waals surface area (Å²) < 4.78 is 29.9. The molecule has 0 bridgehead atoms. The van der Waals surface area contributed by atoms with Gasteiger partial charge in [0.1, 0.15) is 0 Å². The van der Waals surface area contributed by atoms with Crippen molar-refractivity contribution in [3.63, 3.8) is 0 Å². The van der Waals surface area contributed by atoms with Crippen LogP contribution in [0.15, 0.2) is 18.2 Å². The van der Waals surface area contributed by atoms with Gasteiger partial charge < -0.3 is 10.5 Å². The minimum atomic E-state index is -3.09. The Bertz CT molecular complexity index is 726. The van der Waals surface area contributed by atoms with Gasteiger partial charge in [-0.15, -0.1) is 5.10 Å². The van der Waals surface area contributed by atoms with E-state index < -0.39 is 9.84 Å². The summed E-state index contributed by atoms with van der Waals surface area (Å²) in [5.74, 6) is 0.954. The van der Waals surface area contributed by atoms with E-state index in [9.17, 15) is 8.42 Å². The van der Waals surface area contributed by atoms with Crippen LogP contribution < -0.4 is 10.5 Å². The van der Waals surface area contributed by atoms with E-state index >= 15 is 0 Å². The molecular formula is C12H17N5O3S. The van der Waals surface area contributed by atoms with E-state index in [2.05, 4.69) is 15.5 Å². The van der Waals surface area contributed by atoms with E-state index in [0.29, 0.717) is 22.8 Å². The second-order valence-electron chi connectivity index (χ2n) is 4.39. The minimum absolute atomic E-state index is 0.0217. The lowest BCUT2D eigenvalue weighted by atomic mass is 10.1. The average Bonchev–Trinajstić information content (AvgIpc) is 2.93. The standard InChI is InChI=1S/C12H17N5O3S/c1-3-21(18,19)8-7-17-12(14-15-16-17)9-5-4-6-10(13)11(9)20-2/h4-6H,3,7-8,13H2,1-2H3. The van der Waals surface area contributed by atoms with Crippen LogP contribution in [0.4, 0.5) is 5.69 Å². The highest BCUT2D eigenvalue weighted by molar-refractivity contribution is 7.91. The highest BCUT2D eigenvalue weighted by Gasteiger charge is 2.17. The summed E-state index contributed by atoms with van der Waals surface area (Å²) in [6, 6.07) is 5.23. The minimum Gasteiger partial charge on any atom is -0.494 e. The molecule has 1 aromatic carbocycles. The van der Waals surface area contributed by atoms with Gasteiger partial charge in [0.25, 0.3) is 0 Å². The first-order chi connectivity index (χ1) is 9.98. The zero-order valence-corrected chi connectivity index (χ0v) is 12.7. The van der Waals surface area contributed by atoms with Gasteiger partial charge in [0.15, 0.2) is 21.4 Å². The SMILES string of the molecule is CCS(=O)(=O)CCn1nnnc1-c1cccc(N)c1OC. The Hall–Kier alpha value is -2.16. The lowest BCUT2D eigenvalue weighted by Gasteiger charge is -2.10. The summed E-state index contributed by atoms with van der Waals surface area (Å²) in [5, 5.41) is 11.4. The maximum atomic E-state index is 11.6. The number of aryl methyl sites for hydroxylation is 1. The summed E-state index contributed by atoms with van der Waals surface area (Å²) in [4.78, 5) is 0. The Labute approximate surface area is 122 Å². The molecular weight excluding hydrogens is 294 g/mol. The van der Waals surface area contributed by atoms with Crippen LogP contribution in [-0.2, 0) is 16.4 Å². The van der Waals surface area contributed by atoms with E-state index in [1.54, 1.807) is 25.1 Å². The fourth-order valence-electron chi connectivity index (χ4n) is 1.88. The molecule has 8 nitrogen and oxygen atoms in total. The molecule has 0 radical (unpaired) electrons. The molecule has 0 unspecified atom stereocenters. The van der Waals surface area contributed by atoms with Gasteiger partial charge in [0.05, 0.1) is 30.7 Å². The van der Waals surface area contributed by atoms with E-state index in [1.165, 1.54) is 11.8 Å². The van der Waals surface area contributed by atoms with Crippen LogP contribution in [-0.4, -0.2) is 47.2 Å². The first-order valence-corrected chi connectivity index (χ1v) is 8.20. The molecule has 1 heterocycles. The van der Waals surface area contributed by atoms with Crippen molar-refractivity contribution in [2.24, 2.45) is 0 Å². The number of ether oxygens (including phenoxy) is 1. The van der Waals surface area contributed by atoms with E-state index in [1.807, 2.05) is 0 Å². The number of hydrogen-bond donors (Lipinski definition) is 1. The van der Waals surface area contributed by atoms with Gasteiger partial charge in [-0.3, -0.25) is 0 Å². The molecule has 0 atom stereocenters. The van der Waals surface area contributed by atoms with E-state index in [0.717, 1.165) is 0 Å². The highest BCUT2D eigenvalue weighted by atomic mass is 32.2. The fourth-order valence-corrected chi connectivity index (χ4v) is 2.62. The number of hydrogen-bond acceptors (Lipinski definition) is 7. The van der Waals surface area contributed by atoms with Crippen LogP contribution in [0.1, 0.15) is 6.92 Å². The van der Waals surface area contributed by atoms with Gasteiger partial charge in [0, 0.05) is 5.75 Å². The number of anilines is 1. The molecule has 0 saturated carbocycles. The Morgan fingerprint density at radius 2 is 2.14 bits per heavy atom. The molecule has 0 aliphatic heterocycles. The molecule has 0 spiro atoms. The van der Waals surface area contributed by atoms with Crippen LogP contribution in [0.2, 0.25) is 0 Å². The number of benzene rings is 1. The monoisotopic (exact) mass is 311 g/mol. The van der Waals surface area contributed by atoms with Crippen LogP contribution in [0.5, 0.6) is 5.75 Å². The third-order valence-electron chi connectivity index (χ3n) is 3.08. The summed E-state index contributed by atoms with van der Waals surface area (Å²) in [7, 11) is -1.59. The van der Waals surface area contributed by atoms with Gasteiger partial charge in [0.2, 0.25) is 0 Å². The van der Waals surface area contributed by atoms with Gasteiger partial charge in [-0.2, -0.15) is 0 Å². The molecule has 2 aromatic rings. The molecule has 2 rings (SSSR count). The molecule has 9 heteroatoms. The average molecular weight is 311 g/mol. The zero-order chi connectivity index (χ0) is 15.5. The lowest BCUT2D eigenvalue weighted by molar-refractivity contribution is 0.418. The molecule has 114 valence electrons. The van der Waals surface area contributed by atoms with Crippen molar-refractivity contribution in [3.8, 4) is 17.1 Å². The fraction of sp³-hybridized carbons (Fsp3) is 0.417. The van der Waals surface area contributed by atoms with Crippen molar-refractivity contribution in [1.29, 1.82) is 0 Å². The van der Waals surface area contributed by atoms with E-state index in [-0.39, 0.29) is 18.1 Å². The summed E-state index contributed by atoms with van der Waals surface area (Å²) in [6.45, 7) is 1.78. The molecule has 0 fully saturated rings. The summed E-state index contributed by atoms with van der Waals surface area (Å²) >= 11 is 0. The van der Waals surface area contributed by atoms with Gasteiger partial charge in [-0.05, 0) is 22.6 Å². The molecule has 1 aromatic heterocycles. The predicted octanol–water partition coefficient (Wildman–Crippen LogP) is 0.366. The molecule has 0 aliphatic rings. The molecule has 2 N–H and O–H groups in total.